The average Bonchev–Trinajstić information content (AvgIpc) is 2.56. The minimum absolute atomic E-state index is 0.0408. The van der Waals surface area contributed by atoms with Crippen LogP contribution in [0.1, 0.15) is 39.5 Å². The molecule has 0 aromatic heterocycles. The lowest BCUT2D eigenvalue weighted by Crippen LogP contribution is -2.39. The van der Waals surface area contributed by atoms with E-state index in [1.165, 1.54) is 6.42 Å². The third-order valence-electron chi connectivity index (χ3n) is 4.38. The molecule has 22 heavy (non-hydrogen) atoms. The van der Waals surface area contributed by atoms with E-state index in [2.05, 4.69) is 10.4 Å². The Kier molecular flexibility index (Phi) is 5.81. The lowest BCUT2D eigenvalue weighted by Gasteiger charge is -2.32. The molecule has 1 aliphatic rings. The molecule has 0 radical (unpaired) electrons. The van der Waals surface area contributed by atoms with Crippen molar-refractivity contribution in [2.24, 2.45) is 10.3 Å². The number of hydrogen-bond acceptors (Lipinski definition) is 3. The molecule has 1 N–H and O–H groups in total. The summed E-state index contributed by atoms with van der Waals surface area (Å²) in [5.41, 5.74) is 1.12. The Hall–Kier alpha value is -1.13. The van der Waals surface area contributed by atoms with Crippen LogP contribution in [0.3, 0.4) is 0 Å². The van der Waals surface area contributed by atoms with Crippen molar-refractivity contribution < 1.29 is 9.32 Å². The second-order valence-electron chi connectivity index (χ2n) is 6.24. The first-order chi connectivity index (χ1) is 10.5. The molecule has 1 unspecified atom stereocenters. The van der Waals surface area contributed by atoms with Crippen LogP contribution in [-0.2, 0) is 9.73 Å². The Balaban J connectivity index is 2.56. The molecule has 1 aliphatic carbocycles. The van der Waals surface area contributed by atoms with Gasteiger partial charge >= 0.3 is 0 Å². The highest BCUT2D eigenvalue weighted by Gasteiger charge is 2.36. The summed E-state index contributed by atoms with van der Waals surface area (Å²) in [7, 11) is -1.07. The average molecular weight is 321 g/mol. The second-order valence-corrected chi connectivity index (χ2v) is 8.73. The highest BCUT2D eigenvalue weighted by Crippen LogP contribution is 2.33. The van der Waals surface area contributed by atoms with Gasteiger partial charge in [-0.3, -0.25) is 0 Å². The molecule has 0 aliphatic heterocycles. The van der Waals surface area contributed by atoms with Gasteiger partial charge in [0, 0.05) is 11.9 Å². The van der Waals surface area contributed by atoms with Crippen molar-refractivity contribution in [1.29, 1.82) is 0 Å². The minimum atomic E-state index is -2.68. The quantitative estimate of drug-likeness (QED) is 0.832. The normalized spacial score (nSPS) is 20.9. The van der Waals surface area contributed by atoms with Crippen molar-refractivity contribution in [3.63, 3.8) is 0 Å². The molecule has 0 fully saturated rings. The smallest absolute Gasteiger partial charge is 0.0945 e. The van der Waals surface area contributed by atoms with Gasteiger partial charge in [-0.2, -0.15) is 0 Å². The summed E-state index contributed by atoms with van der Waals surface area (Å²) >= 11 is 0. The maximum atomic E-state index is 13.7. The van der Waals surface area contributed by atoms with E-state index in [4.69, 9.17) is 0 Å². The van der Waals surface area contributed by atoms with Crippen molar-refractivity contribution in [2.45, 2.75) is 55.8 Å². The van der Waals surface area contributed by atoms with Crippen LogP contribution in [0.4, 0.5) is 0 Å². The number of hydrogen-bond donors (Lipinski definition) is 1. The summed E-state index contributed by atoms with van der Waals surface area (Å²) in [4.78, 5) is 0.716. The number of allylic oxidation sites excluding steroid dienone is 1. The van der Waals surface area contributed by atoms with Crippen molar-refractivity contribution in [1.82, 2.24) is 0 Å². The number of rotatable bonds is 5. The van der Waals surface area contributed by atoms with Crippen LogP contribution in [0.2, 0.25) is 0 Å². The van der Waals surface area contributed by atoms with Gasteiger partial charge in [-0.1, -0.05) is 43.7 Å². The number of benzene rings is 1. The van der Waals surface area contributed by atoms with E-state index >= 15 is 0 Å². The monoisotopic (exact) mass is 321 g/mol. The predicted octanol–water partition coefficient (Wildman–Crippen LogP) is 4.03. The molecule has 3 nitrogen and oxygen atoms in total. The molecule has 0 bridgehead atoms. The molecular weight excluding hydrogens is 294 g/mol. The summed E-state index contributed by atoms with van der Waals surface area (Å²) in [6.07, 6.45) is 5.71. The molecule has 0 amide bonds. The van der Waals surface area contributed by atoms with Gasteiger partial charge in [0.1, 0.15) is 0 Å². The Labute approximate surface area is 134 Å². The van der Waals surface area contributed by atoms with Crippen molar-refractivity contribution in [2.75, 3.05) is 7.05 Å². The lowest BCUT2D eigenvalue weighted by molar-refractivity contribution is 0.127. The van der Waals surface area contributed by atoms with Gasteiger partial charge in [0.25, 0.3) is 0 Å². The summed E-state index contributed by atoms with van der Waals surface area (Å²) < 4.78 is 18.0. The van der Waals surface area contributed by atoms with Crippen LogP contribution >= 0.6 is 0 Å². The minimum Gasteiger partial charge on any atom is -0.391 e. The van der Waals surface area contributed by atoms with Crippen molar-refractivity contribution in [3.05, 3.63) is 42.0 Å². The maximum Gasteiger partial charge on any atom is 0.0945 e. The van der Waals surface area contributed by atoms with E-state index in [1.807, 2.05) is 44.2 Å². The highest BCUT2D eigenvalue weighted by atomic mass is 32.2. The van der Waals surface area contributed by atoms with E-state index in [0.717, 1.165) is 24.8 Å². The van der Waals surface area contributed by atoms with E-state index in [-0.39, 0.29) is 5.92 Å². The molecule has 3 atom stereocenters. The molecule has 2 rings (SSSR count). The number of aliphatic hydroxyl groups excluding tert-OH is 1. The highest BCUT2D eigenvalue weighted by molar-refractivity contribution is 7.94. The second kappa shape index (κ2) is 7.42. The first kappa shape index (κ1) is 17.2. The van der Waals surface area contributed by atoms with Gasteiger partial charge in [-0.05, 0) is 43.7 Å². The molecule has 0 saturated heterocycles. The van der Waals surface area contributed by atoms with Gasteiger partial charge in [0.2, 0.25) is 0 Å². The van der Waals surface area contributed by atoms with E-state index < -0.39 is 21.1 Å². The molecule has 0 spiro atoms. The molecule has 0 heterocycles. The van der Waals surface area contributed by atoms with Crippen LogP contribution < -0.4 is 0 Å². The third-order valence-corrected chi connectivity index (χ3v) is 7.14. The summed E-state index contributed by atoms with van der Waals surface area (Å²) in [5, 5.41) is 10.4. The molecule has 1 aromatic carbocycles. The summed E-state index contributed by atoms with van der Waals surface area (Å²) in [6, 6.07) is 9.40. The number of aliphatic hydroxyl groups is 1. The Bertz CT molecular complexity index is 628. The van der Waals surface area contributed by atoms with Crippen LogP contribution in [0.25, 0.3) is 0 Å². The van der Waals surface area contributed by atoms with Gasteiger partial charge < -0.3 is 5.11 Å². The molecule has 4 heteroatoms. The standard InChI is InChI=1S/C18H27NO2S/c1-14(2)17(20)18(15-10-6-4-7-11-15)22(21,19-3)16-12-8-5-9-13-16/h5,8-10,12-14,17-18,20H,4,6-7,11H2,1-3H3/t17-,18-,22?/m1/s1. The van der Waals surface area contributed by atoms with Gasteiger partial charge in [-0.25, -0.2) is 8.57 Å². The van der Waals surface area contributed by atoms with Gasteiger partial charge in [0.15, 0.2) is 0 Å². The van der Waals surface area contributed by atoms with Crippen LogP contribution in [-0.4, -0.2) is 27.7 Å². The summed E-state index contributed by atoms with van der Waals surface area (Å²) in [6.45, 7) is 3.95. The largest absolute Gasteiger partial charge is 0.391 e. The fourth-order valence-corrected chi connectivity index (χ4v) is 5.66. The zero-order chi connectivity index (χ0) is 16.2. The zero-order valence-corrected chi connectivity index (χ0v) is 14.6. The fourth-order valence-electron chi connectivity index (χ4n) is 3.07. The Morgan fingerprint density at radius 1 is 1.18 bits per heavy atom. The fraction of sp³-hybridized carbons (Fsp3) is 0.556. The molecule has 0 saturated carbocycles. The molecule has 122 valence electrons. The third kappa shape index (κ3) is 3.44. The lowest BCUT2D eigenvalue weighted by atomic mass is 9.91. The maximum absolute atomic E-state index is 13.7. The Morgan fingerprint density at radius 3 is 2.36 bits per heavy atom. The van der Waals surface area contributed by atoms with Crippen molar-refractivity contribution in [3.8, 4) is 0 Å². The van der Waals surface area contributed by atoms with E-state index in [9.17, 15) is 9.32 Å². The SMILES string of the molecule is CN=S(=O)(c1ccccc1)[C@H](C1=CCCCC1)[C@H](O)C(C)C. The Morgan fingerprint density at radius 2 is 1.86 bits per heavy atom. The molecular formula is C18H27NO2S. The van der Waals surface area contributed by atoms with E-state index in [1.54, 1.807) is 7.05 Å². The number of nitrogens with zero attached hydrogens (tertiary/aromatic N) is 1. The van der Waals surface area contributed by atoms with Crippen LogP contribution in [0, 0.1) is 5.92 Å². The van der Waals surface area contributed by atoms with Gasteiger partial charge in [0.05, 0.1) is 21.1 Å². The topological polar surface area (TPSA) is 49.7 Å². The van der Waals surface area contributed by atoms with Crippen LogP contribution in [0.5, 0.6) is 0 Å². The van der Waals surface area contributed by atoms with Crippen LogP contribution in [0.15, 0.2) is 51.2 Å². The molecule has 1 aromatic rings. The summed E-state index contributed by atoms with van der Waals surface area (Å²) in [5.74, 6) is 0.0408. The first-order valence-corrected chi connectivity index (χ1v) is 9.64. The van der Waals surface area contributed by atoms with Gasteiger partial charge in [-0.15, -0.1) is 0 Å². The van der Waals surface area contributed by atoms with E-state index in [0.29, 0.717) is 4.90 Å². The first-order valence-electron chi connectivity index (χ1n) is 8.07. The van der Waals surface area contributed by atoms with Crippen molar-refractivity contribution >= 4 is 9.73 Å². The zero-order valence-electron chi connectivity index (χ0n) is 13.7. The predicted molar refractivity (Wildman–Crippen MR) is 92.4 cm³/mol.